The molecule has 2 fully saturated rings. The number of phosphoric ester groups is 2. The summed E-state index contributed by atoms with van der Waals surface area (Å²) >= 11 is 0. The summed E-state index contributed by atoms with van der Waals surface area (Å²) in [5.41, 5.74) is 3.63. The Hall–Kier alpha value is -5.66. The number of aliphatic hydroxyl groups is 5. The largest absolute Gasteiger partial charge is 0.483 e. The Morgan fingerprint density at radius 1 is 0.744 bits per heavy atom. The van der Waals surface area contributed by atoms with Gasteiger partial charge in [-0.1, -0.05) is 0 Å². The van der Waals surface area contributed by atoms with Gasteiger partial charge < -0.3 is 97.4 Å². The SMILES string of the molecule is C[C@H](NC(=O)[C@@H](C)O[C@H]1[C@H](O)[C@@H](CO)O[C@H](OP(=O)(O)OP(=O)(O)OC[C@H]2O[C@@H](n3ccc(=O)[nH]c3=O)[C@H](O)[C@@H]2O)[C@@H]1NC(=O)CO)C(=O)N[C@H](CCC(=O)N[C@@H](CCCCN)C(=O)N[C@H](C)C(=O)N[C@H](C)C(=O)O)C(=O)O. The summed E-state index contributed by atoms with van der Waals surface area (Å²) in [7, 11) is -11.8. The average Bonchev–Trinajstić information content (AvgIpc) is 3.64. The maximum Gasteiger partial charge on any atom is 0.483 e. The third-order valence-electron chi connectivity index (χ3n) is 11.5. The van der Waals surface area contributed by atoms with Crippen LogP contribution in [0.15, 0.2) is 21.9 Å². The van der Waals surface area contributed by atoms with E-state index in [0.717, 1.165) is 26.1 Å². The molecule has 0 bridgehead atoms. The average molecular weight is 1170 g/mol. The molecule has 2 aliphatic heterocycles. The molecule has 0 aromatic carbocycles. The van der Waals surface area contributed by atoms with Crippen LogP contribution in [-0.2, 0) is 75.1 Å². The lowest BCUT2D eigenvalue weighted by molar-refractivity contribution is -0.261. The predicted octanol–water partition coefficient (Wildman–Crippen LogP) is -7.70. The van der Waals surface area contributed by atoms with Crippen LogP contribution >= 0.6 is 15.6 Å². The molecule has 1 aromatic rings. The summed E-state index contributed by atoms with van der Waals surface area (Å²) < 4.78 is 56.9. The summed E-state index contributed by atoms with van der Waals surface area (Å²) in [6.45, 7) is 1.16. The molecule has 38 heteroatoms. The first kappa shape index (κ1) is 66.6. The lowest BCUT2D eigenvalue weighted by Crippen LogP contribution is -2.66. The summed E-state index contributed by atoms with van der Waals surface area (Å²) in [6.07, 6.45) is -17.0. The number of carbonyl (C=O) groups excluding carboxylic acids is 6. The normalized spacial score (nSPS) is 26.0. The zero-order valence-electron chi connectivity index (χ0n) is 42.0. The van der Waals surface area contributed by atoms with Gasteiger partial charge in [-0.05, 0) is 59.9 Å². The quantitative estimate of drug-likeness (QED) is 0.0243. The third-order valence-corrected chi connectivity index (χ3v) is 14.1. The van der Waals surface area contributed by atoms with Gasteiger partial charge in [-0.2, -0.15) is 4.31 Å². The van der Waals surface area contributed by atoms with E-state index in [-0.39, 0.29) is 13.0 Å². The second-order valence-electron chi connectivity index (χ2n) is 17.6. The Morgan fingerprint density at radius 2 is 1.36 bits per heavy atom. The van der Waals surface area contributed by atoms with E-state index in [1.165, 1.54) is 13.8 Å². The van der Waals surface area contributed by atoms with Crippen LogP contribution in [0.25, 0.3) is 0 Å². The van der Waals surface area contributed by atoms with E-state index in [2.05, 4.69) is 35.4 Å². The molecule has 2 saturated heterocycles. The van der Waals surface area contributed by atoms with Gasteiger partial charge in [0.05, 0.1) is 13.2 Å². The Balaban J connectivity index is 1.67. The van der Waals surface area contributed by atoms with Crippen molar-refractivity contribution in [3.8, 4) is 0 Å². The first-order chi connectivity index (χ1) is 36.3. The number of carbonyl (C=O) groups is 8. The molecule has 17 atom stereocenters. The molecule has 6 amide bonds. The number of phosphoric acid groups is 2. The second-order valence-corrected chi connectivity index (χ2v) is 20.6. The molecule has 78 heavy (non-hydrogen) atoms. The third kappa shape index (κ3) is 19.9. The van der Waals surface area contributed by atoms with Gasteiger partial charge in [0.2, 0.25) is 35.4 Å². The number of unbranched alkanes of at least 4 members (excludes halogenated alkanes) is 1. The Labute approximate surface area is 440 Å². The van der Waals surface area contributed by atoms with Crippen LogP contribution in [0.1, 0.15) is 66.0 Å². The van der Waals surface area contributed by atoms with Crippen molar-refractivity contribution in [3.63, 3.8) is 0 Å². The van der Waals surface area contributed by atoms with Gasteiger partial charge in [-0.25, -0.2) is 18.7 Å². The first-order valence-corrected chi connectivity index (χ1v) is 26.5. The molecular formula is C40H65N9O27P2. The molecule has 2 unspecified atom stereocenters. The van der Waals surface area contributed by atoms with Crippen molar-refractivity contribution in [2.24, 2.45) is 5.73 Å². The molecule has 18 N–H and O–H groups in total. The number of H-pyrrole nitrogens is 1. The van der Waals surface area contributed by atoms with Crippen LogP contribution in [0.2, 0.25) is 0 Å². The minimum atomic E-state index is -6.02. The van der Waals surface area contributed by atoms with E-state index in [1.807, 2.05) is 10.3 Å². The molecule has 1 aromatic heterocycles. The first-order valence-electron chi connectivity index (χ1n) is 23.5. The Bertz CT molecular complexity index is 2500. The predicted molar refractivity (Wildman–Crippen MR) is 254 cm³/mol. The number of hydrogen-bond donors (Lipinski definition) is 17. The molecule has 0 aliphatic carbocycles. The van der Waals surface area contributed by atoms with Crippen LogP contribution in [0.3, 0.4) is 0 Å². The highest BCUT2D eigenvalue weighted by Crippen LogP contribution is 2.61. The fraction of sp³-hybridized carbons (Fsp3) is 0.700. The number of aromatic amines is 1. The molecule has 3 rings (SSSR count). The van der Waals surface area contributed by atoms with E-state index in [1.54, 1.807) is 0 Å². The minimum Gasteiger partial charge on any atom is -0.480 e. The van der Waals surface area contributed by atoms with Crippen molar-refractivity contribution < 1.29 is 121 Å². The minimum absolute atomic E-state index is 0.0240. The number of ether oxygens (including phenoxy) is 3. The van der Waals surface area contributed by atoms with E-state index < -0.39 is 198 Å². The van der Waals surface area contributed by atoms with Crippen molar-refractivity contribution >= 4 is 63.0 Å². The Kier molecular flexibility index (Phi) is 25.7. The summed E-state index contributed by atoms with van der Waals surface area (Å²) in [6, 6.07) is -8.38. The molecule has 36 nitrogen and oxygen atoms in total. The Morgan fingerprint density at radius 3 is 1.94 bits per heavy atom. The van der Waals surface area contributed by atoms with E-state index in [4.69, 9.17) is 29.6 Å². The van der Waals surface area contributed by atoms with Crippen LogP contribution in [0.5, 0.6) is 0 Å². The number of nitrogens with one attached hydrogen (secondary N) is 7. The highest BCUT2D eigenvalue weighted by molar-refractivity contribution is 7.61. The maximum absolute atomic E-state index is 13.4. The van der Waals surface area contributed by atoms with E-state index in [9.17, 15) is 97.5 Å². The van der Waals surface area contributed by atoms with Crippen LogP contribution in [0.4, 0.5) is 0 Å². The van der Waals surface area contributed by atoms with E-state index in [0.29, 0.717) is 17.4 Å². The summed E-state index contributed by atoms with van der Waals surface area (Å²) in [5.74, 6) is -9.15. The fourth-order valence-electron chi connectivity index (χ4n) is 7.23. The van der Waals surface area contributed by atoms with Crippen molar-refractivity contribution in [1.29, 1.82) is 0 Å². The summed E-state index contributed by atoms with van der Waals surface area (Å²) in [4.78, 5) is 147. The van der Waals surface area contributed by atoms with Crippen LogP contribution in [0, 0.1) is 0 Å². The lowest BCUT2D eigenvalue weighted by atomic mass is 9.96. The van der Waals surface area contributed by atoms with Crippen molar-refractivity contribution in [1.82, 2.24) is 41.5 Å². The van der Waals surface area contributed by atoms with E-state index >= 15 is 0 Å². The van der Waals surface area contributed by atoms with Crippen LogP contribution in [-0.4, -0.2) is 214 Å². The molecule has 3 heterocycles. The molecule has 2 aliphatic rings. The van der Waals surface area contributed by atoms with Crippen molar-refractivity contribution in [2.75, 3.05) is 26.4 Å². The number of rotatable bonds is 31. The molecule has 0 spiro atoms. The molecular weight excluding hydrogens is 1100 g/mol. The van der Waals surface area contributed by atoms with Crippen molar-refractivity contribution in [2.45, 2.75) is 151 Å². The standard InChI is InChI=1S/C40H65N9O27P2/c1-16(32(58)44-18(3)37(62)63)43-35(61)20(7-5-6-11-41)45-24(52)9-8-21(38(64)65)46-33(59)17(2)42-34(60)19(4)72-31-27(47-26(54)14-51)39(74-22(13-50)29(31)56)75-78(69,70)76-77(67,68)71-15-23-28(55)30(57)36(73-23)49-12-10-25(53)48-40(49)66/h10,12,16-23,27-31,36,39,50-51,55-57H,5-9,11,13-15,41H2,1-4H3,(H,42,60)(H,43,61)(H,44,58)(H,45,52)(H,46,59)(H,47,54)(H,62,63)(H,64,65)(H,67,68)(H,69,70)(H,48,53,66)/t16-,17+,18-,19-,20+,21-,22-,23-,27-,28-,29-,30-,31-,36-,39-/m1/s1. The smallest absolute Gasteiger partial charge is 0.480 e. The number of amides is 6. The highest BCUT2D eigenvalue weighted by Gasteiger charge is 2.52. The van der Waals surface area contributed by atoms with Gasteiger partial charge >= 0.3 is 33.3 Å². The monoisotopic (exact) mass is 1170 g/mol. The molecule has 0 saturated carbocycles. The number of hydrogen-bond acceptors (Lipinski definition) is 24. The topological polar surface area (TPSA) is 561 Å². The molecule has 442 valence electrons. The summed E-state index contributed by atoms with van der Waals surface area (Å²) in [5, 5.41) is 83.7. The number of aromatic nitrogens is 2. The number of nitrogens with two attached hydrogens (primary N) is 1. The maximum atomic E-state index is 13.4. The number of carboxylic acid groups (broad SMARTS) is 2. The van der Waals surface area contributed by atoms with Crippen molar-refractivity contribution in [3.05, 3.63) is 33.1 Å². The number of nitrogens with zero attached hydrogens (tertiary/aromatic N) is 1. The lowest BCUT2D eigenvalue weighted by Gasteiger charge is -2.44. The van der Waals surface area contributed by atoms with Gasteiger partial charge in [0.25, 0.3) is 5.56 Å². The zero-order valence-corrected chi connectivity index (χ0v) is 43.8. The van der Waals surface area contributed by atoms with Gasteiger partial charge in [0.15, 0.2) is 12.5 Å². The highest BCUT2D eigenvalue weighted by atomic mass is 31.3. The van der Waals surface area contributed by atoms with Gasteiger partial charge in [-0.3, -0.25) is 57.0 Å². The number of carboxylic acids is 2. The number of aliphatic hydroxyl groups excluding tert-OH is 5. The fourth-order valence-corrected chi connectivity index (χ4v) is 9.40. The second kappa shape index (κ2) is 30.1. The van der Waals surface area contributed by atoms with Gasteiger partial charge in [-0.15, -0.1) is 0 Å². The van der Waals surface area contributed by atoms with Gasteiger partial charge in [0.1, 0.15) is 85.6 Å². The van der Waals surface area contributed by atoms with Gasteiger partial charge in [0, 0.05) is 18.7 Å². The molecule has 0 radical (unpaired) electrons. The number of aliphatic carboxylic acids is 2. The zero-order chi connectivity index (χ0) is 59.0. The van der Waals surface area contributed by atoms with Crippen LogP contribution < -0.4 is 48.9 Å².